The quantitative estimate of drug-likeness (QED) is 0.545. The highest BCUT2D eigenvalue weighted by molar-refractivity contribution is 6.30. The number of benzene rings is 2. The van der Waals surface area contributed by atoms with Gasteiger partial charge in [0.15, 0.2) is 0 Å². The molecule has 2 N–H and O–H groups in total. The molecule has 36 heavy (non-hydrogen) atoms. The van der Waals surface area contributed by atoms with E-state index in [4.69, 9.17) is 41.5 Å². The summed E-state index contributed by atoms with van der Waals surface area (Å²) in [4.78, 5) is 12.0. The summed E-state index contributed by atoms with van der Waals surface area (Å²) in [5.74, 6) is 1.07. The number of hydrogen-bond donors (Lipinski definition) is 1. The summed E-state index contributed by atoms with van der Waals surface area (Å²) in [6.07, 6.45) is 4.49. The van der Waals surface area contributed by atoms with Gasteiger partial charge in [-0.3, -0.25) is 4.99 Å². The minimum atomic E-state index is -0.968. The Morgan fingerprint density at radius 3 is 2.69 bits per heavy atom. The molecule has 2 unspecified atom stereocenters. The van der Waals surface area contributed by atoms with Crippen LogP contribution in [0.4, 0.5) is 10.1 Å². The lowest BCUT2D eigenvalue weighted by atomic mass is 9.80. The molecule has 0 aliphatic carbocycles. The number of pyridine rings is 1. The highest BCUT2D eigenvalue weighted by Crippen LogP contribution is 2.51. The van der Waals surface area contributed by atoms with Gasteiger partial charge in [0.25, 0.3) is 0 Å². The molecule has 2 aromatic carbocycles. The van der Waals surface area contributed by atoms with Crippen molar-refractivity contribution in [3.05, 3.63) is 70.6 Å². The molecule has 4 aliphatic rings. The second-order valence-electron chi connectivity index (χ2n) is 9.80. The van der Waals surface area contributed by atoms with Gasteiger partial charge < -0.3 is 24.8 Å². The summed E-state index contributed by atoms with van der Waals surface area (Å²) < 4.78 is 33.0. The van der Waals surface area contributed by atoms with E-state index < -0.39 is 5.54 Å². The van der Waals surface area contributed by atoms with Gasteiger partial charge in [-0.15, -0.1) is 0 Å². The Labute approximate surface area is 212 Å². The van der Waals surface area contributed by atoms with Crippen LogP contribution in [0.2, 0.25) is 5.02 Å². The number of morpholine rings is 1. The van der Waals surface area contributed by atoms with Gasteiger partial charge in [0.05, 0.1) is 36.3 Å². The van der Waals surface area contributed by atoms with Crippen LogP contribution in [0.25, 0.3) is 11.1 Å². The number of aliphatic imine (C=N–C) groups is 1. The molecular formula is C27H24ClFN4O3. The number of ether oxygens (including phenoxy) is 3. The molecule has 3 atom stereocenters. The van der Waals surface area contributed by atoms with E-state index in [1.807, 2.05) is 18.3 Å². The molecule has 5 heterocycles. The molecule has 3 aromatic rings. The molecule has 7 nitrogen and oxygen atoms in total. The Balaban J connectivity index is 1.38. The number of nitrogens with zero attached hydrogens (tertiary/aromatic N) is 3. The number of fused-ring (bicyclic) bond motifs is 6. The van der Waals surface area contributed by atoms with Crippen LogP contribution in [0.15, 0.2) is 53.7 Å². The Morgan fingerprint density at radius 1 is 1.06 bits per heavy atom. The van der Waals surface area contributed by atoms with E-state index >= 15 is 0 Å². The second kappa shape index (κ2) is 8.16. The van der Waals surface area contributed by atoms with E-state index in [-0.39, 0.29) is 31.2 Å². The number of halogens is 2. The maximum absolute atomic E-state index is 14.8. The van der Waals surface area contributed by atoms with Crippen molar-refractivity contribution in [1.82, 2.24) is 4.98 Å². The van der Waals surface area contributed by atoms with Crippen molar-refractivity contribution in [2.75, 3.05) is 31.2 Å². The van der Waals surface area contributed by atoms with Crippen molar-refractivity contribution in [3.63, 3.8) is 0 Å². The number of amidine groups is 1. The predicted molar refractivity (Wildman–Crippen MR) is 134 cm³/mol. The van der Waals surface area contributed by atoms with E-state index in [0.29, 0.717) is 33.6 Å². The molecule has 1 aromatic heterocycles. The number of rotatable bonds is 2. The van der Waals surface area contributed by atoms with Crippen molar-refractivity contribution in [2.24, 2.45) is 10.7 Å². The summed E-state index contributed by atoms with van der Waals surface area (Å²) in [7, 11) is 0. The van der Waals surface area contributed by atoms with Crippen LogP contribution in [-0.4, -0.2) is 49.3 Å². The fourth-order valence-electron chi connectivity index (χ4n) is 5.78. The smallest absolute Gasteiger partial charge is 0.225 e. The topological polar surface area (TPSA) is 82.2 Å². The Kier molecular flexibility index (Phi) is 4.99. The average Bonchev–Trinajstić information content (AvgIpc) is 3.22. The van der Waals surface area contributed by atoms with Gasteiger partial charge in [-0.25, -0.2) is 9.37 Å². The first-order chi connectivity index (χ1) is 17.5. The molecule has 1 spiro atoms. The normalized spacial score (nSPS) is 26.3. The lowest BCUT2D eigenvalue weighted by Gasteiger charge is -2.40. The summed E-state index contributed by atoms with van der Waals surface area (Å²) in [6, 6.07) is 12.1. The van der Waals surface area contributed by atoms with Crippen molar-refractivity contribution in [2.45, 2.75) is 30.6 Å². The molecular weight excluding hydrogens is 483 g/mol. The van der Waals surface area contributed by atoms with Crippen LogP contribution >= 0.6 is 11.6 Å². The largest absolute Gasteiger partial charge is 0.438 e. The third kappa shape index (κ3) is 3.47. The maximum Gasteiger partial charge on any atom is 0.225 e. The minimum absolute atomic E-state index is 0.243. The minimum Gasteiger partial charge on any atom is -0.438 e. The first-order valence-corrected chi connectivity index (χ1v) is 12.5. The van der Waals surface area contributed by atoms with Gasteiger partial charge in [0, 0.05) is 29.2 Å². The molecule has 9 heteroatoms. The molecule has 0 amide bonds. The monoisotopic (exact) mass is 506 g/mol. The number of aromatic nitrogens is 1. The first kappa shape index (κ1) is 22.0. The van der Waals surface area contributed by atoms with Gasteiger partial charge in [-0.2, -0.15) is 0 Å². The number of hydrogen-bond acceptors (Lipinski definition) is 7. The summed E-state index contributed by atoms with van der Waals surface area (Å²) in [6.45, 7) is 2.15. The molecule has 4 aliphatic heterocycles. The van der Waals surface area contributed by atoms with E-state index in [1.54, 1.807) is 12.1 Å². The fourth-order valence-corrected chi connectivity index (χ4v) is 5.96. The van der Waals surface area contributed by atoms with Crippen LogP contribution in [0.1, 0.15) is 24.0 Å². The van der Waals surface area contributed by atoms with Gasteiger partial charge in [0.1, 0.15) is 29.5 Å². The number of anilines is 1. The molecule has 0 saturated carbocycles. The lowest BCUT2D eigenvalue weighted by molar-refractivity contribution is 0.0304. The van der Waals surface area contributed by atoms with E-state index in [1.165, 1.54) is 12.1 Å². The summed E-state index contributed by atoms with van der Waals surface area (Å²) in [5.41, 5.74) is 8.83. The van der Waals surface area contributed by atoms with Crippen LogP contribution in [0.5, 0.6) is 11.6 Å². The highest BCUT2D eigenvalue weighted by atomic mass is 35.5. The molecule has 7 rings (SSSR count). The summed E-state index contributed by atoms with van der Waals surface area (Å²) >= 11 is 6.18. The lowest BCUT2D eigenvalue weighted by Crippen LogP contribution is -2.44. The molecule has 0 radical (unpaired) electrons. The third-order valence-corrected chi connectivity index (χ3v) is 7.69. The fraction of sp³-hybridized carbons (Fsp3) is 0.333. The zero-order valence-corrected chi connectivity index (χ0v) is 20.2. The molecule has 2 saturated heterocycles. The van der Waals surface area contributed by atoms with Crippen LogP contribution in [0.3, 0.4) is 0 Å². The zero-order chi connectivity index (χ0) is 24.4. The average molecular weight is 507 g/mol. The second-order valence-corrected chi connectivity index (χ2v) is 10.2. The van der Waals surface area contributed by atoms with Crippen molar-refractivity contribution >= 4 is 23.1 Å². The third-order valence-electron chi connectivity index (χ3n) is 7.46. The Hall–Kier alpha value is -3.20. The van der Waals surface area contributed by atoms with Gasteiger partial charge in [0.2, 0.25) is 5.88 Å². The first-order valence-electron chi connectivity index (χ1n) is 12.1. The Bertz CT molecular complexity index is 1400. The molecule has 184 valence electrons. The van der Waals surface area contributed by atoms with Crippen molar-refractivity contribution in [3.8, 4) is 22.8 Å². The molecule has 2 fully saturated rings. The van der Waals surface area contributed by atoms with Crippen molar-refractivity contribution in [1.29, 1.82) is 0 Å². The standard InChI is InChI=1S/C27H24ClFN4O3/c28-16-2-5-23(29)20(8-16)15-1-6-24-21(7-15)27(14-34-13-25(30)32-27)22-9-17(10-31-26(22)36-24)33-11-18-3-4-19(12-33)35-18/h1-2,5-10,18-19H,3-4,11-14H2,(H2,30,32)/t18?,19?,27-/m0/s1. The van der Waals surface area contributed by atoms with E-state index in [2.05, 4.69) is 11.0 Å². The Morgan fingerprint density at radius 2 is 1.89 bits per heavy atom. The van der Waals surface area contributed by atoms with Gasteiger partial charge in [-0.1, -0.05) is 17.7 Å². The SMILES string of the molecule is NC1=N[C@@]2(COC1)c1cc(-c3cc(Cl)ccc3F)ccc1Oc1ncc(N3CC4CCC(C3)O4)cc12. The van der Waals surface area contributed by atoms with E-state index in [0.717, 1.165) is 42.7 Å². The molecule has 2 bridgehead atoms. The summed E-state index contributed by atoms with van der Waals surface area (Å²) in [5, 5.41) is 0.456. The highest BCUT2D eigenvalue weighted by Gasteiger charge is 2.46. The van der Waals surface area contributed by atoms with Gasteiger partial charge >= 0.3 is 0 Å². The van der Waals surface area contributed by atoms with Crippen LogP contribution in [0, 0.1) is 5.82 Å². The predicted octanol–water partition coefficient (Wildman–Crippen LogP) is 4.65. The zero-order valence-electron chi connectivity index (χ0n) is 19.4. The van der Waals surface area contributed by atoms with Crippen LogP contribution in [-0.2, 0) is 15.0 Å². The number of nitrogens with two attached hydrogens (primary N) is 1. The van der Waals surface area contributed by atoms with Crippen molar-refractivity contribution < 1.29 is 18.6 Å². The van der Waals surface area contributed by atoms with E-state index in [9.17, 15) is 4.39 Å². The van der Waals surface area contributed by atoms with Gasteiger partial charge in [-0.05, 0) is 54.8 Å². The van der Waals surface area contributed by atoms with Crippen LogP contribution < -0.4 is 15.4 Å². The maximum atomic E-state index is 14.8.